The number of benzene rings is 1. The highest BCUT2D eigenvalue weighted by atomic mass is 19.1. The Morgan fingerprint density at radius 3 is 2.94 bits per heavy atom. The van der Waals surface area contributed by atoms with E-state index in [1.54, 1.807) is 12.1 Å². The van der Waals surface area contributed by atoms with Crippen molar-refractivity contribution in [2.45, 2.75) is 18.4 Å². The van der Waals surface area contributed by atoms with Gasteiger partial charge in [-0.25, -0.2) is 4.39 Å². The summed E-state index contributed by atoms with van der Waals surface area (Å²) in [5, 5.41) is 2.66. The van der Waals surface area contributed by atoms with Crippen molar-refractivity contribution in [2.24, 2.45) is 5.73 Å². The molecule has 1 heterocycles. The van der Waals surface area contributed by atoms with Gasteiger partial charge in [0.1, 0.15) is 11.6 Å². The molecule has 92 valence electrons. The van der Waals surface area contributed by atoms with E-state index in [1.165, 1.54) is 13.2 Å². The summed E-state index contributed by atoms with van der Waals surface area (Å²) in [7, 11) is 1.48. The van der Waals surface area contributed by atoms with Crippen LogP contribution in [0.2, 0.25) is 0 Å². The normalized spacial score (nSPS) is 24.3. The van der Waals surface area contributed by atoms with E-state index in [4.69, 9.17) is 10.5 Å². The van der Waals surface area contributed by atoms with Crippen LogP contribution in [0.4, 0.5) is 4.39 Å². The number of amides is 1. The maximum absolute atomic E-state index is 13.9. The number of rotatable bonds is 2. The molecule has 4 nitrogen and oxygen atoms in total. The molecule has 0 radical (unpaired) electrons. The third kappa shape index (κ3) is 2.39. The van der Waals surface area contributed by atoms with Crippen LogP contribution < -0.4 is 15.8 Å². The van der Waals surface area contributed by atoms with Crippen molar-refractivity contribution in [3.05, 3.63) is 29.6 Å². The van der Waals surface area contributed by atoms with Crippen LogP contribution in [0, 0.1) is 5.82 Å². The minimum absolute atomic E-state index is 0.0908. The van der Waals surface area contributed by atoms with Crippen LogP contribution in [-0.4, -0.2) is 25.6 Å². The topological polar surface area (TPSA) is 64.3 Å². The maximum atomic E-state index is 13.9. The second kappa shape index (κ2) is 4.71. The molecule has 2 atom stereocenters. The predicted octanol–water partition coefficient (Wildman–Crippen LogP) is 0.765. The number of nitrogens with two attached hydrogens (primary N) is 1. The number of nitrogens with one attached hydrogen (secondary N) is 1. The average molecular weight is 238 g/mol. The van der Waals surface area contributed by atoms with Gasteiger partial charge in [0.15, 0.2) is 0 Å². The number of halogens is 1. The van der Waals surface area contributed by atoms with Gasteiger partial charge in [0, 0.05) is 31.0 Å². The van der Waals surface area contributed by atoms with Gasteiger partial charge in [-0.15, -0.1) is 0 Å². The predicted molar refractivity (Wildman–Crippen MR) is 61.3 cm³/mol. The first-order chi connectivity index (χ1) is 8.11. The highest BCUT2D eigenvalue weighted by molar-refractivity contribution is 5.78. The lowest BCUT2D eigenvalue weighted by Crippen LogP contribution is -2.47. The minimum Gasteiger partial charge on any atom is -0.497 e. The Morgan fingerprint density at radius 1 is 1.53 bits per heavy atom. The number of piperidine rings is 1. The van der Waals surface area contributed by atoms with Crippen molar-refractivity contribution in [3.8, 4) is 5.75 Å². The second-order valence-electron chi connectivity index (χ2n) is 4.17. The van der Waals surface area contributed by atoms with Crippen LogP contribution in [0.3, 0.4) is 0 Å². The molecule has 1 saturated heterocycles. The van der Waals surface area contributed by atoms with Crippen molar-refractivity contribution in [2.75, 3.05) is 13.7 Å². The molecule has 0 saturated carbocycles. The molecule has 0 aromatic heterocycles. The summed E-state index contributed by atoms with van der Waals surface area (Å²) >= 11 is 0. The maximum Gasteiger partial charge on any atom is 0.220 e. The fourth-order valence-corrected chi connectivity index (χ4v) is 2.07. The van der Waals surface area contributed by atoms with Gasteiger partial charge in [-0.1, -0.05) is 6.07 Å². The van der Waals surface area contributed by atoms with Gasteiger partial charge in [0.2, 0.25) is 5.91 Å². The van der Waals surface area contributed by atoms with Gasteiger partial charge in [-0.2, -0.15) is 0 Å². The molecule has 1 fully saturated rings. The molecular formula is C12H15FN2O2. The van der Waals surface area contributed by atoms with Crippen molar-refractivity contribution in [1.29, 1.82) is 0 Å². The standard InChI is InChI=1S/C12H15FN2O2/c1-17-7-2-3-8(10(13)4-7)9-5-12(16)15-6-11(9)14/h2-4,9,11H,5-6,14H2,1H3,(H,15,16). The van der Waals surface area contributed by atoms with E-state index in [-0.39, 0.29) is 30.1 Å². The van der Waals surface area contributed by atoms with E-state index in [1.807, 2.05) is 0 Å². The molecular weight excluding hydrogens is 223 g/mol. The van der Waals surface area contributed by atoms with Crippen LogP contribution in [0.5, 0.6) is 5.75 Å². The molecule has 5 heteroatoms. The fourth-order valence-electron chi connectivity index (χ4n) is 2.07. The summed E-state index contributed by atoms with van der Waals surface area (Å²) in [5.41, 5.74) is 6.38. The Labute approximate surface area is 98.9 Å². The highest BCUT2D eigenvalue weighted by Crippen LogP contribution is 2.29. The summed E-state index contributed by atoms with van der Waals surface area (Å²) in [4.78, 5) is 11.3. The number of hydrogen-bond acceptors (Lipinski definition) is 3. The molecule has 1 aliphatic heterocycles. The number of hydrogen-bond donors (Lipinski definition) is 2. The van der Waals surface area contributed by atoms with Gasteiger partial charge in [0.25, 0.3) is 0 Å². The Morgan fingerprint density at radius 2 is 2.29 bits per heavy atom. The Hall–Kier alpha value is -1.62. The number of ether oxygens (including phenoxy) is 1. The zero-order valence-electron chi connectivity index (χ0n) is 9.57. The lowest BCUT2D eigenvalue weighted by atomic mass is 9.86. The van der Waals surface area contributed by atoms with Gasteiger partial charge in [-0.3, -0.25) is 4.79 Å². The molecule has 1 aromatic carbocycles. The van der Waals surface area contributed by atoms with Gasteiger partial charge in [0.05, 0.1) is 7.11 Å². The lowest BCUT2D eigenvalue weighted by molar-refractivity contribution is -0.122. The van der Waals surface area contributed by atoms with E-state index in [0.29, 0.717) is 17.9 Å². The zero-order chi connectivity index (χ0) is 12.4. The van der Waals surface area contributed by atoms with Crippen LogP contribution in [0.25, 0.3) is 0 Å². The van der Waals surface area contributed by atoms with Crippen LogP contribution in [0.15, 0.2) is 18.2 Å². The minimum atomic E-state index is -0.375. The molecule has 17 heavy (non-hydrogen) atoms. The third-order valence-electron chi connectivity index (χ3n) is 3.06. The second-order valence-corrected chi connectivity index (χ2v) is 4.17. The summed E-state index contributed by atoms with van der Waals surface area (Å²) in [6.45, 7) is 0.384. The summed E-state index contributed by atoms with van der Waals surface area (Å²) < 4.78 is 18.8. The van der Waals surface area contributed by atoms with Crippen molar-refractivity contribution in [3.63, 3.8) is 0 Å². The van der Waals surface area contributed by atoms with Crippen molar-refractivity contribution < 1.29 is 13.9 Å². The molecule has 0 bridgehead atoms. The molecule has 2 unspecified atom stereocenters. The number of carbonyl (C=O) groups is 1. The van der Waals surface area contributed by atoms with Crippen molar-refractivity contribution in [1.82, 2.24) is 5.32 Å². The lowest BCUT2D eigenvalue weighted by Gasteiger charge is -2.29. The van der Waals surface area contributed by atoms with E-state index in [2.05, 4.69) is 5.32 Å². The van der Waals surface area contributed by atoms with E-state index >= 15 is 0 Å². The molecule has 1 aromatic rings. The average Bonchev–Trinajstić information content (AvgIpc) is 2.32. The largest absolute Gasteiger partial charge is 0.497 e. The van der Waals surface area contributed by atoms with Gasteiger partial charge < -0.3 is 15.8 Å². The SMILES string of the molecule is COc1ccc(C2CC(=O)NCC2N)c(F)c1. The van der Waals surface area contributed by atoms with Gasteiger partial charge in [-0.05, 0) is 11.6 Å². The van der Waals surface area contributed by atoms with Crippen LogP contribution in [-0.2, 0) is 4.79 Å². The quantitative estimate of drug-likeness (QED) is 0.799. The number of carbonyl (C=O) groups excluding carboxylic acids is 1. The number of methoxy groups -OCH3 is 1. The van der Waals surface area contributed by atoms with Crippen LogP contribution in [0.1, 0.15) is 17.9 Å². The summed E-state index contributed by atoms with van der Waals surface area (Å²) in [5.74, 6) is -0.277. The molecule has 0 aliphatic carbocycles. The van der Waals surface area contributed by atoms with E-state index in [9.17, 15) is 9.18 Å². The smallest absolute Gasteiger partial charge is 0.220 e. The van der Waals surface area contributed by atoms with Gasteiger partial charge >= 0.3 is 0 Å². The van der Waals surface area contributed by atoms with Crippen molar-refractivity contribution >= 4 is 5.91 Å². The molecule has 1 amide bonds. The molecule has 1 aliphatic rings. The molecule has 3 N–H and O–H groups in total. The highest BCUT2D eigenvalue weighted by Gasteiger charge is 2.29. The monoisotopic (exact) mass is 238 g/mol. The summed E-state index contributed by atoms with van der Waals surface area (Å²) in [6, 6.07) is 4.37. The summed E-state index contributed by atoms with van der Waals surface area (Å²) in [6.07, 6.45) is 0.227. The zero-order valence-corrected chi connectivity index (χ0v) is 9.57. The first-order valence-electron chi connectivity index (χ1n) is 5.47. The molecule has 0 spiro atoms. The van der Waals surface area contributed by atoms with E-state index in [0.717, 1.165) is 0 Å². The molecule has 2 rings (SSSR count). The first-order valence-corrected chi connectivity index (χ1v) is 5.47. The Kier molecular flexibility index (Phi) is 3.28. The van der Waals surface area contributed by atoms with E-state index < -0.39 is 0 Å². The Balaban J connectivity index is 2.29. The fraction of sp³-hybridized carbons (Fsp3) is 0.417. The first kappa shape index (κ1) is 11.9. The Bertz CT molecular complexity index is 437. The third-order valence-corrected chi connectivity index (χ3v) is 3.06. The van der Waals surface area contributed by atoms with Crippen LogP contribution >= 0.6 is 0 Å².